The maximum Gasteiger partial charge on any atom is 0.251 e. The Morgan fingerprint density at radius 2 is 1.93 bits per heavy atom. The lowest BCUT2D eigenvalue weighted by Gasteiger charge is -2.35. The van der Waals surface area contributed by atoms with Crippen molar-refractivity contribution >= 4 is 23.5 Å². The molecule has 2 amide bonds. The summed E-state index contributed by atoms with van der Waals surface area (Å²) in [6.07, 6.45) is 4.53. The van der Waals surface area contributed by atoms with E-state index in [9.17, 15) is 19.1 Å². The number of oxazole rings is 1. The molecule has 0 radical (unpaired) electrons. The molecule has 1 saturated carbocycles. The number of nitrogens with one attached hydrogen (secondary N) is 2. The Balaban J connectivity index is 1.03. The van der Waals surface area contributed by atoms with Gasteiger partial charge in [0, 0.05) is 70.9 Å². The van der Waals surface area contributed by atoms with E-state index < -0.39 is 11.9 Å². The maximum atomic E-state index is 14.9. The molecule has 1 saturated heterocycles. The SMILES string of the molecule is CC(=O)N1CCN(c2cc(C(=O)NC[C@H](O)CN3CCc4cc(OCc5ocnc5C)c(F)cc4C3)cc(NC3CCC3)n2)CC1. The molecule has 13 heteroatoms. The van der Waals surface area contributed by atoms with Crippen LogP contribution in [0, 0.1) is 12.7 Å². The Kier molecular flexibility index (Phi) is 9.69. The lowest BCUT2D eigenvalue weighted by Crippen LogP contribution is -2.48. The molecule has 6 rings (SSSR count). The number of hydrogen-bond donors (Lipinski definition) is 3. The number of carbonyl (C=O) groups is 2. The summed E-state index contributed by atoms with van der Waals surface area (Å²) in [6, 6.07) is 7.12. The number of β-amino-alcohol motifs (C(OH)–C–C–N with tert-alkyl or cyclic N) is 1. The highest BCUT2D eigenvalue weighted by molar-refractivity contribution is 5.95. The van der Waals surface area contributed by atoms with Crippen molar-refractivity contribution in [3.63, 3.8) is 0 Å². The number of pyridine rings is 1. The second-order valence-corrected chi connectivity index (χ2v) is 12.4. The number of benzene rings is 1. The molecule has 12 nitrogen and oxygen atoms in total. The highest BCUT2D eigenvalue weighted by Crippen LogP contribution is 2.29. The van der Waals surface area contributed by atoms with Crippen molar-refractivity contribution in [3.8, 4) is 5.75 Å². The first-order valence-corrected chi connectivity index (χ1v) is 16.0. The number of nitrogens with zero attached hydrogens (tertiary/aromatic N) is 5. The molecular weight excluding hydrogens is 593 g/mol. The van der Waals surface area contributed by atoms with Gasteiger partial charge in [0.25, 0.3) is 5.91 Å². The number of aliphatic hydroxyl groups excluding tert-OH is 1. The fourth-order valence-electron chi connectivity index (χ4n) is 6.06. The first-order chi connectivity index (χ1) is 22.2. The fraction of sp³-hybridized carbons (Fsp3) is 0.515. The summed E-state index contributed by atoms with van der Waals surface area (Å²) in [5.74, 6) is 1.40. The van der Waals surface area contributed by atoms with E-state index in [0.717, 1.165) is 24.0 Å². The molecule has 3 aromatic rings. The molecule has 246 valence electrons. The fourth-order valence-corrected chi connectivity index (χ4v) is 6.06. The quantitative estimate of drug-likeness (QED) is 0.289. The van der Waals surface area contributed by atoms with Crippen LogP contribution in [0.4, 0.5) is 16.0 Å². The molecule has 46 heavy (non-hydrogen) atoms. The van der Waals surface area contributed by atoms with Crippen molar-refractivity contribution in [1.29, 1.82) is 0 Å². The summed E-state index contributed by atoms with van der Waals surface area (Å²) in [4.78, 5) is 39.9. The molecule has 0 bridgehead atoms. The topological polar surface area (TPSA) is 136 Å². The van der Waals surface area contributed by atoms with Gasteiger partial charge in [0.05, 0.1) is 11.8 Å². The third kappa shape index (κ3) is 7.59. The Bertz CT molecular complexity index is 1550. The van der Waals surface area contributed by atoms with Gasteiger partial charge in [-0.05, 0) is 68.0 Å². The molecule has 2 aromatic heterocycles. The number of halogens is 1. The first kappa shape index (κ1) is 31.7. The highest BCUT2D eigenvalue weighted by Gasteiger charge is 2.25. The molecule has 1 aliphatic carbocycles. The van der Waals surface area contributed by atoms with E-state index in [2.05, 4.69) is 25.4 Å². The van der Waals surface area contributed by atoms with Crippen molar-refractivity contribution in [2.45, 2.75) is 64.8 Å². The number of amides is 2. The number of rotatable bonds is 11. The van der Waals surface area contributed by atoms with Crippen LogP contribution in [-0.4, -0.2) is 94.6 Å². The molecule has 4 heterocycles. The smallest absolute Gasteiger partial charge is 0.251 e. The Morgan fingerprint density at radius 1 is 1.13 bits per heavy atom. The largest absolute Gasteiger partial charge is 0.482 e. The minimum Gasteiger partial charge on any atom is -0.482 e. The van der Waals surface area contributed by atoms with Gasteiger partial charge in [0.2, 0.25) is 5.91 Å². The standard InChI is InChI=1S/C33H42FN7O5/c1-21-30(46-20-36-21)19-45-29-13-23-6-7-39(17-25(23)12-28(29)34)18-27(43)16-35-33(44)24-14-31(37-26-4-3-5-26)38-32(15-24)41-10-8-40(9-11-41)22(2)42/h12-15,20,26-27,43H,3-11,16-19H2,1-2H3,(H,35,44)(H,37,38)/t27-/m0/s1. The van der Waals surface area contributed by atoms with Crippen LogP contribution in [0.3, 0.4) is 0 Å². The summed E-state index contributed by atoms with van der Waals surface area (Å²) in [7, 11) is 0. The second-order valence-electron chi connectivity index (χ2n) is 12.4. The number of aryl methyl sites for hydroxylation is 1. The van der Waals surface area contributed by atoms with E-state index >= 15 is 0 Å². The number of hydrogen-bond acceptors (Lipinski definition) is 10. The predicted octanol–water partition coefficient (Wildman–Crippen LogP) is 2.88. The zero-order valence-electron chi connectivity index (χ0n) is 26.4. The van der Waals surface area contributed by atoms with Gasteiger partial charge < -0.3 is 34.7 Å². The summed E-state index contributed by atoms with van der Waals surface area (Å²) in [6.45, 7) is 7.55. The van der Waals surface area contributed by atoms with E-state index in [1.807, 2.05) is 4.90 Å². The molecular formula is C33H42FN7O5. The van der Waals surface area contributed by atoms with Crippen LogP contribution < -0.4 is 20.3 Å². The van der Waals surface area contributed by atoms with Crippen LogP contribution in [-0.2, 0) is 24.4 Å². The number of fused-ring (bicyclic) bond motifs is 1. The Labute approximate surface area is 267 Å². The van der Waals surface area contributed by atoms with Gasteiger partial charge in [-0.3, -0.25) is 14.5 Å². The normalized spacial score (nSPS) is 17.7. The average Bonchev–Trinajstić information content (AvgIpc) is 3.44. The van der Waals surface area contributed by atoms with Crippen molar-refractivity contribution in [1.82, 2.24) is 25.1 Å². The van der Waals surface area contributed by atoms with Crippen LogP contribution >= 0.6 is 0 Å². The van der Waals surface area contributed by atoms with Crippen LogP contribution in [0.25, 0.3) is 0 Å². The molecule has 3 aliphatic rings. The van der Waals surface area contributed by atoms with E-state index in [1.165, 1.54) is 18.9 Å². The van der Waals surface area contributed by atoms with Crippen LogP contribution in [0.2, 0.25) is 0 Å². The van der Waals surface area contributed by atoms with Crippen molar-refractivity contribution in [2.75, 3.05) is 56.0 Å². The van der Waals surface area contributed by atoms with Crippen molar-refractivity contribution < 1.29 is 28.2 Å². The zero-order chi connectivity index (χ0) is 32.2. The van der Waals surface area contributed by atoms with Crippen molar-refractivity contribution in [3.05, 3.63) is 64.6 Å². The summed E-state index contributed by atoms with van der Waals surface area (Å²) in [5.41, 5.74) is 3.03. The highest BCUT2D eigenvalue weighted by atomic mass is 19.1. The van der Waals surface area contributed by atoms with Gasteiger partial charge in [-0.25, -0.2) is 14.4 Å². The average molecular weight is 636 g/mol. The summed E-state index contributed by atoms with van der Waals surface area (Å²) < 4.78 is 25.8. The number of carbonyl (C=O) groups excluding carboxylic acids is 2. The van der Waals surface area contributed by atoms with Gasteiger partial charge in [-0.15, -0.1) is 0 Å². The molecule has 2 aliphatic heterocycles. The maximum absolute atomic E-state index is 14.9. The predicted molar refractivity (Wildman–Crippen MR) is 169 cm³/mol. The lowest BCUT2D eigenvalue weighted by molar-refractivity contribution is -0.129. The minimum absolute atomic E-state index is 0.0570. The number of aliphatic hydroxyl groups is 1. The van der Waals surface area contributed by atoms with Crippen LogP contribution in [0.5, 0.6) is 5.75 Å². The van der Waals surface area contributed by atoms with E-state index in [0.29, 0.717) is 86.9 Å². The first-order valence-electron chi connectivity index (χ1n) is 16.0. The van der Waals surface area contributed by atoms with E-state index in [-0.39, 0.29) is 30.7 Å². The van der Waals surface area contributed by atoms with Gasteiger partial charge in [-0.2, -0.15) is 0 Å². The molecule has 1 aromatic carbocycles. The van der Waals surface area contributed by atoms with E-state index in [4.69, 9.17) is 14.1 Å². The molecule has 1 atom stereocenters. The van der Waals surface area contributed by atoms with Gasteiger partial charge in [0.15, 0.2) is 23.7 Å². The monoisotopic (exact) mass is 635 g/mol. The van der Waals surface area contributed by atoms with Gasteiger partial charge in [0.1, 0.15) is 18.2 Å². The minimum atomic E-state index is -0.809. The Morgan fingerprint density at radius 3 is 2.63 bits per heavy atom. The zero-order valence-corrected chi connectivity index (χ0v) is 26.4. The van der Waals surface area contributed by atoms with Crippen LogP contribution in [0.1, 0.15) is 59.1 Å². The molecule has 2 fully saturated rings. The summed E-state index contributed by atoms with van der Waals surface area (Å²) >= 11 is 0. The number of aromatic nitrogens is 2. The van der Waals surface area contributed by atoms with Crippen LogP contribution in [0.15, 0.2) is 35.1 Å². The number of ether oxygens (including phenoxy) is 1. The Hall–Kier alpha value is -4.23. The van der Waals surface area contributed by atoms with E-state index in [1.54, 1.807) is 32.0 Å². The molecule has 0 spiro atoms. The summed E-state index contributed by atoms with van der Waals surface area (Å²) in [5, 5.41) is 17.2. The lowest BCUT2D eigenvalue weighted by atomic mass is 9.93. The second kappa shape index (κ2) is 14.0. The number of anilines is 2. The molecule has 0 unspecified atom stereocenters. The molecule has 3 N–H and O–H groups in total. The van der Waals surface area contributed by atoms with Gasteiger partial charge in [-0.1, -0.05) is 0 Å². The third-order valence-electron chi connectivity index (χ3n) is 9.10. The van der Waals surface area contributed by atoms with Crippen molar-refractivity contribution in [2.24, 2.45) is 0 Å². The van der Waals surface area contributed by atoms with Gasteiger partial charge >= 0.3 is 0 Å². The number of piperazine rings is 1. The third-order valence-corrected chi connectivity index (χ3v) is 9.10.